The SMILES string of the molecule is c1cc2ccc1CCCCCCCCCCCc1ccc(cc1)C2. The molecule has 2 aromatic rings. The van der Waals surface area contributed by atoms with Gasteiger partial charge in [-0.05, 0) is 54.4 Å². The van der Waals surface area contributed by atoms with Crippen molar-refractivity contribution in [2.45, 2.75) is 77.0 Å². The van der Waals surface area contributed by atoms with E-state index in [1.807, 2.05) is 0 Å². The highest BCUT2D eigenvalue weighted by atomic mass is 14.1. The van der Waals surface area contributed by atoms with Gasteiger partial charge in [-0.3, -0.25) is 0 Å². The average molecular weight is 321 g/mol. The van der Waals surface area contributed by atoms with E-state index in [1.165, 1.54) is 92.9 Å². The van der Waals surface area contributed by atoms with Gasteiger partial charge >= 0.3 is 0 Å². The van der Waals surface area contributed by atoms with Gasteiger partial charge in [0, 0.05) is 0 Å². The molecule has 0 aromatic heterocycles. The van der Waals surface area contributed by atoms with E-state index in [0.29, 0.717) is 0 Å². The number of hydrogen-bond acceptors (Lipinski definition) is 0. The molecule has 0 heterocycles. The van der Waals surface area contributed by atoms with Crippen molar-refractivity contribution in [3.63, 3.8) is 0 Å². The monoisotopic (exact) mass is 320 g/mol. The van der Waals surface area contributed by atoms with Gasteiger partial charge in [0.25, 0.3) is 0 Å². The minimum atomic E-state index is 1.06. The molecule has 128 valence electrons. The second-order valence-electron chi connectivity index (χ2n) is 7.49. The number of hydrogen-bond donors (Lipinski definition) is 0. The van der Waals surface area contributed by atoms with Crippen molar-refractivity contribution >= 4 is 0 Å². The molecule has 0 saturated carbocycles. The largest absolute Gasteiger partial charge is 0.0588 e. The van der Waals surface area contributed by atoms with Crippen molar-refractivity contribution in [3.05, 3.63) is 70.8 Å². The first kappa shape index (κ1) is 17.3. The van der Waals surface area contributed by atoms with E-state index >= 15 is 0 Å². The van der Waals surface area contributed by atoms with Crippen molar-refractivity contribution in [3.8, 4) is 0 Å². The zero-order chi connectivity index (χ0) is 16.5. The topological polar surface area (TPSA) is 0 Å². The molecule has 5 rings (SSSR count). The van der Waals surface area contributed by atoms with E-state index in [9.17, 15) is 0 Å². The smallest absolute Gasteiger partial charge is 0.00258 e. The van der Waals surface area contributed by atoms with Crippen molar-refractivity contribution in [2.24, 2.45) is 0 Å². The van der Waals surface area contributed by atoms with E-state index < -0.39 is 0 Å². The van der Waals surface area contributed by atoms with Crippen LogP contribution < -0.4 is 0 Å². The summed E-state index contributed by atoms with van der Waals surface area (Å²) in [5, 5.41) is 0. The van der Waals surface area contributed by atoms with Gasteiger partial charge in [-0.1, -0.05) is 93.5 Å². The third-order valence-corrected chi connectivity index (χ3v) is 5.39. The quantitative estimate of drug-likeness (QED) is 0.496. The van der Waals surface area contributed by atoms with Crippen molar-refractivity contribution in [2.75, 3.05) is 0 Å². The molecule has 0 amide bonds. The Bertz CT molecular complexity index is 523. The van der Waals surface area contributed by atoms with Gasteiger partial charge in [0.05, 0.1) is 0 Å². The highest BCUT2D eigenvalue weighted by Crippen LogP contribution is 2.17. The average Bonchev–Trinajstić information content (AvgIpc) is 2.61. The van der Waals surface area contributed by atoms with Crippen LogP contribution in [0.2, 0.25) is 0 Å². The Labute approximate surface area is 148 Å². The van der Waals surface area contributed by atoms with Gasteiger partial charge in [-0.25, -0.2) is 0 Å². The normalized spacial score (nSPS) is 17.7. The lowest BCUT2D eigenvalue weighted by atomic mass is 9.98. The Morgan fingerprint density at radius 1 is 0.333 bits per heavy atom. The maximum Gasteiger partial charge on any atom is -0.00258 e. The Hall–Kier alpha value is -1.56. The second-order valence-corrected chi connectivity index (χ2v) is 7.49. The first-order valence-electron chi connectivity index (χ1n) is 10.1. The Morgan fingerprint density at radius 3 is 1.00 bits per heavy atom. The third kappa shape index (κ3) is 5.82. The Kier molecular flexibility index (Phi) is 6.96. The Balaban J connectivity index is 1.63. The van der Waals surface area contributed by atoms with Crippen LogP contribution in [-0.2, 0) is 19.3 Å². The van der Waals surface area contributed by atoms with Crippen LogP contribution in [0.1, 0.15) is 80.0 Å². The first-order chi connectivity index (χ1) is 11.9. The van der Waals surface area contributed by atoms with Crippen LogP contribution in [0.25, 0.3) is 0 Å². The van der Waals surface area contributed by atoms with E-state index in [4.69, 9.17) is 0 Å². The minimum Gasteiger partial charge on any atom is -0.0588 e. The summed E-state index contributed by atoms with van der Waals surface area (Å²) in [5.41, 5.74) is 5.87. The predicted molar refractivity (Wildman–Crippen MR) is 105 cm³/mol. The summed E-state index contributed by atoms with van der Waals surface area (Å²) >= 11 is 0. The van der Waals surface area contributed by atoms with Gasteiger partial charge < -0.3 is 0 Å². The predicted octanol–water partition coefficient (Wildman–Crippen LogP) is 6.89. The van der Waals surface area contributed by atoms with E-state index in [-0.39, 0.29) is 0 Å². The molecule has 4 bridgehead atoms. The summed E-state index contributed by atoms with van der Waals surface area (Å²) in [6.45, 7) is 0. The fourth-order valence-electron chi connectivity index (χ4n) is 3.78. The first-order valence-corrected chi connectivity index (χ1v) is 10.1. The number of benzene rings is 2. The molecule has 0 saturated heterocycles. The molecule has 0 fully saturated rings. The molecular formula is C24H32. The van der Waals surface area contributed by atoms with Gasteiger partial charge in [0.2, 0.25) is 0 Å². The van der Waals surface area contributed by atoms with Crippen molar-refractivity contribution in [1.82, 2.24) is 0 Å². The summed E-state index contributed by atoms with van der Waals surface area (Å²) < 4.78 is 0. The highest BCUT2D eigenvalue weighted by molar-refractivity contribution is 5.30. The molecule has 0 unspecified atom stereocenters. The minimum absolute atomic E-state index is 1.06. The lowest BCUT2D eigenvalue weighted by molar-refractivity contribution is 0.558. The summed E-state index contributed by atoms with van der Waals surface area (Å²) in [7, 11) is 0. The lowest BCUT2D eigenvalue weighted by Gasteiger charge is -2.08. The second kappa shape index (κ2) is 9.67. The molecule has 2 aromatic carbocycles. The fourth-order valence-corrected chi connectivity index (χ4v) is 3.78. The van der Waals surface area contributed by atoms with Gasteiger partial charge in [0.1, 0.15) is 0 Å². The van der Waals surface area contributed by atoms with Crippen LogP contribution in [0.3, 0.4) is 0 Å². The molecule has 0 atom stereocenters. The molecule has 3 aliphatic carbocycles. The summed E-state index contributed by atoms with van der Waals surface area (Å²) in [4.78, 5) is 0. The highest BCUT2D eigenvalue weighted by Gasteiger charge is 2.01. The number of aryl methyl sites for hydroxylation is 2. The van der Waals surface area contributed by atoms with Gasteiger partial charge in [0.15, 0.2) is 0 Å². The molecule has 0 N–H and O–H groups in total. The van der Waals surface area contributed by atoms with Crippen LogP contribution in [0.5, 0.6) is 0 Å². The van der Waals surface area contributed by atoms with Crippen LogP contribution >= 0.6 is 0 Å². The standard InChI is InChI=1S/C24H32/c1-2-4-6-8-10-21-12-16-23(17-13-21)20-24-18-14-22(15-19-24)11-9-7-5-3-1/h12-19H,1-11,20H2. The summed E-state index contributed by atoms with van der Waals surface area (Å²) in [6.07, 6.45) is 16.2. The maximum absolute atomic E-state index is 2.34. The zero-order valence-electron chi connectivity index (χ0n) is 15.1. The zero-order valence-corrected chi connectivity index (χ0v) is 15.1. The Morgan fingerprint density at radius 2 is 0.625 bits per heavy atom. The van der Waals surface area contributed by atoms with E-state index in [0.717, 1.165) is 6.42 Å². The molecule has 3 aliphatic rings. The third-order valence-electron chi connectivity index (χ3n) is 5.39. The van der Waals surface area contributed by atoms with Crippen molar-refractivity contribution in [1.29, 1.82) is 0 Å². The molecule has 0 aliphatic heterocycles. The van der Waals surface area contributed by atoms with Crippen LogP contribution in [-0.4, -0.2) is 0 Å². The molecule has 0 nitrogen and oxygen atoms in total. The van der Waals surface area contributed by atoms with Gasteiger partial charge in [-0.2, -0.15) is 0 Å². The van der Waals surface area contributed by atoms with E-state index in [1.54, 1.807) is 0 Å². The van der Waals surface area contributed by atoms with E-state index in [2.05, 4.69) is 48.5 Å². The molecule has 24 heavy (non-hydrogen) atoms. The summed E-state index contributed by atoms with van der Waals surface area (Å²) in [6, 6.07) is 18.6. The van der Waals surface area contributed by atoms with Crippen LogP contribution in [0, 0.1) is 0 Å². The van der Waals surface area contributed by atoms with Crippen molar-refractivity contribution < 1.29 is 0 Å². The number of rotatable bonds is 0. The summed E-state index contributed by atoms with van der Waals surface area (Å²) in [5.74, 6) is 0. The fraction of sp³-hybridized carbons (Fsp3) is 0.500. The van der Waals surface area contributed by atoms with Crippen LogP contribution in [0.4, 0.5) is 0 Å². The molecule has 0 spiro atoms. The molecular weight excluding hydrogens is 288 g/mol. The number of fused-ring (bicyclic) bond motifs is 2. The molecule has 0 heteroatoms. The van der Waals surface area contributed by atoms with Gasteiger partial charge in [-0.15, -0.1) is 0 Å². The lowest BCUT2D eigenvalue weighted by Crippen LogP contribution is -1.92. The maximum atomic E-state index is 2.34. The van der Waals surface area contributed by atoms with Crippen LogP contribution in [0.15, 0.2) is 48.5 Å². The molecule has 0 radical (unpaired) electrons.